The van der Waals surface area contributed by atoms with Crippen LogP contribution < -0.4 is 14.7 Å². The number of nitrogens with zero attached hydrogens (tertiary/aromatic N) is 4. The molecule has 4 nitrogen and oxygen atoms in total. The lowest BCUT2D eigenvalue weighted by Gasteiger charge is -2.21. The SMILES string of the molecule is CN(c1ccc(-n2c3ccc(N(C)c4ccc5ccccc5c4)cc3c3cc(N(C)c4ccc5ccccc5c4)ccc32)cc1)c1ccc2ccccc2c1. The van der Waals surface area contributed by atoms with E-state index in [2.05, 4.69) is 228 Å². The first-order valence-electron chi connectivity index (χ1n) is 18.8. The van der Waals surface area contributed by atoms with Crippen molar-refractivity contribution < 1.29 is 0 Å². The van der Waals surface area contributed by atoms with E-state index in [-0.39, 0.29) is 0 Å². The molecule has 0 spiro atoms. The summed E-state index contributed by atoms with van der Waals surface area (Å²) in [6.45, 7) is 0. The van der Waals surface area contributed by atoms with Crippen molar-refractivity contribution in [2.24, 2.45) is 0 Å². The zero-order valence-electron chi connectivity index (χ0n) is 31.2. The summed E-state index contributed by atoms with van der Waals surface area (Å²) >= 11 is 0. The fourth-order valence-electron chi connectivity index (χ4n) is 8.12. The van der Waals surface area contributed by atoms with Crippen LogP contribution in [0.15, 0.2) is 188 Å². The number of aromatic nitrogens is 1. The van der Waals surface area contributed by atoms with E-state index in [1.165, 1.54) is 54.1 Å². The molecule has 0 amide bonds. The average molecular weight is 709 g/mol. The first-order valence-corrected chi connectivity index (χ1v) is 18.8. The minimum atomic E-state index is 1.13. The van der Waals surface area contributed by atoms with E-state index >= 15 is 0 Å². The highest BCUT2D eigenvalue weighted by Gasteiger charge is 2.17. The third kappa shape index (κ3) is 5.71. The molecule has 0 atom stereocenters. The number of hydrogen-bond donors (Lipinski definition) is 0. The lowest BCUT2D eigenvalue weighted by atomic mass is 10.1. The molecule has 0 N–H and O–H groups in total. The van der Waals surface area contributed by atoms with Crippen molar-refractivity contribution in [3.05, 3.63) is 188 Å². The Morgan fingerprint density at radius 3 is 1.00 bits per heavy atom. The van der Waals surface area contributed by atoms with Crippen molar-refractivity contribution in [2.75, 3.05) is 35.8 Å². The van der Waals surface area contributed by atoms with E-state index in [4.69, 9.17) is 0 Å². The minimum absolute atomic E-state index is 1.13. The number of anilines is 6. The second-order valence-corrected chi connectivity index (χ2v) is 14.5. The Bertz CT molecular complexity index is 2910. The van der Waals surface area contributed by atoms with Gasteiger partial charge < -0.3 is 19.3 Å². The van der Waals surface area contributed by atoms with Crippen LogP contribution in [0.3, 0.4) is 0 Å². The fourth-order valence-corrected chi connectivity index (χ4v) is 8.12. The zero-order valence-corrected chi connectivity index (χ0v) is 31.2. The summed E-state index contributed by atoms with van der Waals surface area (Å²) in [7, 11) is 6.46. The maximum absolute atomic E-state index is 2.41. The van der Waals surface area contributed by atoms with E-state index in [0.29, 0.717) is 0 Å². The highest BCUT2D eigenvalue weighted by Crippen LogP contribution is 2.39. The lowest BCUT2D eigenvalue weighted by Crippen LogP contribution is -2.09. The molecule has 0 aliphatic heterocycles. The lowest BCUT2D eigenvalue weighted by molar-refractivity contribution is 1.16. The van der Waals surface area contributed by atoms with E-state index in [1.54, 1.807) is 0 Å². The first-order chi connectivity index (χ1) is 27.0. The Kier molecular flexibility index (Phi) is 7.77. The van der Waals surface area contributed by atoms with Crippen LogP contribution in [0.2, 0.25) is 0 Å². The van der Waals surface area contributed by atoms with Gasteiger partial charge in [-0.05, 0) is 129 Å². The summed E-state index contributed by atoms with van der Waals surface area (Å²) in [4.78, 5) is 6.83. The van der Waals surface area contributed by atoms with Gasteiger partial charge in [-0.25, -0.2) is 0 Å². The minimum Gasteiger partial charge on any atom is -0.345 e. The van der Waals surface area contributed by atoms with Gasteiger partial charge in [0.15, 0.2) is 0 Å². The molecule has 0 radical (unpaired) electrons. The molecule has 0 unspecified atom stereocenters. The molecule has 264 valence electrons. The smallest absolute Gasteiger partial charge is 0.0542 e. The average Bonchev–Trinajstić information content (AvgIpc) is 3.58. The van der Waals surface area contributed by atoms with Gasteiger partial charge in [0.1, 0.15) is 0 Å². The predicted molar refractivity (Wildman–Crippen MR) is 237 cm³/mol. The maximum Gasteiger partial charge on any atom is 0.0542 e. The summed E-state index contributed by atoms with van der Waals surface area (Å²) in [5.41, 5.74) is 10.4. The van der Waals surface area contributed by atoms with E-state index in [0.717, 1.165) is 39.8 Å². The molecular formula is C51H40N4. The van der Waals surface area contributed by atoms with Gasteiger partial charge in [0.05, 0.1) is 11.0 Å². The predicted octanol–water partition coefficient (Wildman–Crippen LogP) is 13.5. The molecule has 0 saturated carbocycles. The molecule has 10 aromatic rings. The maximum atomic E-state index is 2.41. The van der Waals surface area contributed by atoms with Gasteiger partial charge in [-0.3, -0.25) is 0 Å². The van der Waals surface area contributed by atoms with Crippen LogP contribution in [-0.4, -0.2) is 25.7 Å². The first kappa shape index (κ1) is 32.6. The molecule has 0 bridgehead atoms. The molecule has 0 aliphatic rings. The Balaban J connectivity index is 1.08. The van der Waals surface area contributed by atoms with Crippen LogP contribution in [0, 0.1) is 0 Å². The molecule has 0 fully saturated rings. The van der Waals surface area contributed by atoms with Gasteiger partial charge in [-0.1, -0.05) is 91.0 Å². The number of fused-ring (bicyclic) bond motifs is 6. The van der Waals surface area contributed by atoms with E-state index in [9.17, 15) is 0 Å². The number of rotatable bonds is 7. The van der Waals surface area contributed by atoms with E-state index in [1.807, 2.05) is 0 Å². The summed E-state index contributed by atoms with van der Waals surface area (Å²) in [5, 5.41) is 9.88. The topological polar surface area (TPSA) is 14.7 Å². The van der Waals surface area contributed by atoms with Crippen molar-refractivity contribution in [3.63, 3.8) is 0 Å². The molecule has 0 aliphatic carbocycles. The van der Waals surface area contributed by atoms with Crippen LogP contribution in [0.5, 0.6) is 0 Å². The van der Waals surface area contributed by atoms with Gasteiger partial charge in [0.2, 0.25) is 0 Å². The molecule has 0 saturated heterocycles. The van der Waals surface area contributed by atoms with Gasteiger partial charge in [0.25, 0.3) is 0 Å². The molecule has 55 heavy (non-hydrogen) atoms. The summed E-state index contributed by atoms with van der Waals surface area (Å²) < 4.78 is 2.41. The normalized spacial score (nSPS) is 11.5. The van der Waals surface area contributed by atoms with Crippen LogP contribution in [0.4, 0.5) is 34.1 Å². The second-order valence-electron chi connectivity index (χ2n) is 14.5. The van der Waals surface area contributed by atoms with Crippen molar-refractivity contribution >= 4 is 88.2 Å². The molecular weight excluding hydrogens is 669 g/mol. The van der Waals surface area contributed by atoms with Crippen molar-refractivity contribution in [1.29, 1.82) is 0 Å². The summed E-state index contributed by atoms with van der Waals surface area (Å²) in [6, 6.07) is 68.4. The molecule has 1 heterocycles. The molecule has 1 aromatic heterocycles. The highest BCUT2D eigenvalue weighted by molar-refractivity contribution is 6.11. The monoisotopic (exact) mass is 708 g/mol. The summed E-state index contributed by atoms with van der Waals surface area (Å²) in [5.74, 6) is 0. The van der Waals surface area contributed by atoms with Crippen LogP contribution in [0.1, 0.15) is 0 Å². The van der Waals surface area contributed by atoms with Crippen LogP contribution >= 0.6 is 0 Å². The standard InChI is InChI=1S/C51H40N4/c1-52(43-19-16-35-10-4-7-13-38(35)30-43)41-22-24-42(25-23-41)55-50-28-26-46(53(2)44-20-17-36-11-5-8-14-39(36)31-44)33-48(50)49-34-47(27-29-51(49)55)54(3)45-21-18-37-12-6-9-15-40(37)32-45/h4-34H,1-3H3. The van der Waals surface area contributed by atoms with Crippen molar-refractivity contribution in [1.82, 2.24) is 4.57 Å². The van der Waals surface area contributed by atoms with Crippen molar-refractivity contribution in [3.8, 4) is 5.69 Å². The zero-order chi connectivity index (χ0) is 37.0. The Hall–Kier alpha value is -7.04. The largest absolute Gasteiger partial charge is 0.345 e. The van der Waals surface area contributed by atoms with Gasteiger partial charge in [-0.2, -0.15) is 0 Å². The summed E-state index contributed by atoms with van der Waals surface area (Å²) in [6.07, 6.45) is 0. The molecule has 4 heteroatoms. The van der Waals surface area contributed by atoms with Gasteiger partial charge in [0, 0.05) is 71.7 Å². The molecule has 10 rings (SSSR count). The quantitative estimate of drug-likeness (QED) is 0.164. The van der Waals surface area contributed by atoms with Gasteiger partial charge >= 0.3 is 0 Å². The third-order valence-corrected chi connectivity index (χ3v) is 11.4. The van der Waals surface area contributed by atoms with Crippen molar-refractivity contribution in [2.45, 2.75) is 0 Å². The fraction of sp³-hybridized carbons (Fsp3) is 0.0588. The van der Waals surface area contributed by atoms with Crippen LogP contribution in [0.25, 0.3) is 59.8 Å². The third-order valence-electron chi connectivity index (χ3n) is 11.4. The second kappa shape index (κ2) is 13.1. The number of hydrogen-bond acceptors (Lipinski definition) is 3. The Morgan fingerprint density at radius 2 is 0.600 bits per heavy atom. The molecule has 9 aromatic carbocycles. The number of benzene rings is 9. The van der Waals surface area contributed by atoms with Crippen LogP contribution in [-0.2, 0) is 0 Å². The highest BCUT2D eigenvalue weighted by atomic mass is 15.1. The Morgan fingerprint density at radius 1 is 0.291 bits per heavy atom. The van der Waals surface area contributed by atoms with Gasteiger partial charge in [-0.15, -0.1) is 0 Å². The Labute approximate surface area is 321 Å². The van der Waals surface area contributed by atoms with E-state index < -0.39 is 0 Å².